The van der Waals surface area contributed by atoms with Gasteiger partial charge in [-0.05, 0) is 48.9 Å². The van der Waals surface area contributed by atoms with Crippen LogP contribution in [0, 0.1) is 12.7 Å². The first-order valence-electron chi connectivity index (χ1n) is 7.12. The third kappa shape index (κ3) is 2.34. The Hall–Kier alpha value is -3.15. The molecular weight excluding hydrogens is 293 g/mol. The van der Waals surface area contributed by atoms with E-state index in [9.17, 15) is 4.39 Å². The summed E-state index contributed by atoms with van der Waals surface area (Å²) in [5.41, 5.74) is 2.89. The highest BCUT2D eigenvalue weighted by Gasteiger charge is 2.14. The van der Waals surface area contributed by atoms with Gasteiger partial charge < -0.3 is 0 Å². The molecule has 0 aliphatic carbocycles. The lowest BCUT2D eigenvalue weighted by molar-refractivity contribution is 0.619. The molecule has 0 radical (unpaired) electrons. The maximum Gasteiger partial charge on any atom is 0.252 e. The van der Waals surface area contributed by atoms with Crippen LogP contribution in [0.25, 0.3) is 28.4 Å². The van der Waals surface area contributed by atoms with Crippen molar-refractivity contribution in [3.05, 3.63) is 66.4 Å². The number of rotatable bonds is 2. The predicted octanol–water partition coefficient (Wildman–Crippen LogP) is 3.30. The number of fused-ring (bicyclic) bond motifs is 1. The first-order chi connectivity index (χ1) is 11.2. The van der Waals surface area contributed by atoms with Crippen molar-refractivity contribution in [2.24, 2.45) is 0 Å². The summed E-state index contributed by atoms with van der Waals surface area (Å²) in [6.45, 7) is 1.73. The molecule has 0 saturated heterocycles. The van der Waals surface area contributed by atoms with Crippen LogP contribution in [0.3, 0.4) is 0 Å². The van der Waals surface area contributed by atoms with Crippen LogP contribution in [0.15, 0.2) is 55.0 Å². The van der Waals surface area contributed by atoms with Crippen LogP contribution >= 0.6 is 0 Å². The molecule has 1 aromatic carbocycles. The minimum absolute atomic E-state index is 0.235. The fourth-order valence-electron chi connectivity index (χ4n) is 2.45. The minimum Gasteiger partial charge on any atom is -0.255 e. The van der Waals surface area contributed by atoms with Crippen LogP contribution in [0.5, 0.6) is 0 Å². The van der Waals surface area contributed by atoms with Crippen molar-refractivity contribution in [2.45, 2.75) is 6.92 Å². The van der Waals surface area contributed by atoms with Gasteiger partial charge in [0.25, 0.3) is 5.78 Å². The molecule has 0 bridgehead atoms. The van der Waals surface area contributed by atoms with E-state index in [1.54, 1.807) is 48.2 Å². The average Bonchev–Trinajstić information content (AvgIpc) is 3.01. The molecule has 4 rings (SSSR count). The molecule has 23 heavy (non-hydrogen) atoms. The Kier molecular flexibility index (Phi) is 3.08. The van der Waals surface area contributed by atoms with Gasteiger partial charge in [0.15, 0.2) is 5.82 Å². The largest absolute Gasteiger partial charge is 0.255 e. The normalized spacial score (nSPS) is 11.0. The lowest BCUT2D eigenvalue weighted by Crippen LogP contribution is -1.92. The molecule has 0 saturated carbocycles. The summed E-state index contributed by atoms with van der Waals surface area (Å²) >= 11 is 0. The second-order valence-corrected chi connectivity index (χ2v) is 5.16. The molecule has 0 spiro atoms. The van der Waals surface area contributed by atoms with Crippen molar-refractivity contribution in [3.8, 4) is 22.6 Å². The Morgan fingerprint density at radius 3 is 2.74 bits per heavy atom. The summed E-state index contributed by atoms with van der Waals surface area (Å²) in [6.07, 6.45) is 5.16. The minimum atomic E-state index is -0.235. The van der Waals surface area contributed by atoms with E-state index < -0.39 is 0 Å². The average molecular weight is 305 g/mol. The number of pyridine rings is 1. The van der Waals surface area contributed by atoms with E-state index in [2.05, 4.69) is 20.1 Å². The van der Waals surface area contributed by atoms with Crippen LogP contribution in [0.2, 0.25) is 0 Å². The van der Waals surface area contributed by atoms with Gasteiger partial charge in [-0.2, -0.15) is 4.98 Å². The molecule has 112 valence electrons. The summed E-state index contributed by atoms with van der Waals surface area (Å²) in [7, 11) is 0. The summed E-state index contributed by atoms with van der Waals surface area (Å²) in [5.74, 6) is 0.822. The van der Waals surface area contributed by atoms with Crippen LogP contribution < -0.4 is 0 Å². The van der Waals surface area contributed by atoms with Crippen LogP contribution in [0.1, 0.15) is 5.56 Å². The van der Waals surface area contributed by atoms with Crippen molar-refractivity contribution in [2.75, 3.05) is 0 Å². The van der Waals surface area contributed by atoms with E-state index in [-0.39, 0.29) is 5.82 Å². The maximum atomic E-state index is 13.5. The van der Waals surface area contributed by atoms with Crippen LogP contribution in [-0.2, 0) is 0 Å². The monoisotopic (exact) mass is 305 g/mol. The van der Waals surface area contributed by atoms with Crippen LogP contribution in [-0.4, -0.2) is 24.6 Å². The van der Waals surface area contributed by atoms with E-state index in [0.29, 0.717) is 22.9 Å². The van der Waals surface area contributed by atoms with Crippen molar-refractivity contribution in [1.82, 2.24) is 24.6 Å². The van der Waals surface area contributed by atoms with Gasteiger partial charge in [0.05, 0.1) is 5.69 Å². The molecule has 5 nitrogen and oxygen atoms in total. The van der Waals surface area contributed by atoms with E-state index >= 15 is 0 Å². The zero-order valence-electron chi connectivity index (χ0n) is 12.3. The maximum absolute atomic E-state index is 13.5. The lowest BCUT2D eigenvalue weighted by Gasteiger charge is -2.07. The van der Waals surface area contributed by atoms with Crippen molar-refractivity contribution >= 4 is 5.78 Å². The van der Waals surface area contributed by atoms with Gasteiger partial charge >= 0.3 is 0 Å². The zero-order chi connectivity index (χ0) is 15.8. The number of benzene rings is 1. The highest BCUT2D eigenvalue weighted by Crippen LogP contribution is 2.29. The molecule has 0 aliphatic heterocycles. The SMILES string of the molecule is Cc1cc(-c2ncccc2-c2nc3ncccn3n2)ccc1F. The standard InChI is InChI=1S/C17H12FN5/c1-11-10-12(5-6-14(11)18)15-13(4-2-7-19-15)16-21-17-20-8-3-9-23(17)22-16/h2-10H,1H3. The molecule has 0 aliphatic rings. The Morgan fingerprint density at radius 1 is 1.04 bits per heavy atom. The van der Waals surface area contributed by atoms with Gasteiger partial charge in [-0.3, -0.25) is 4.98 Å². The summed E-state index contributed by atoms with van der Waals surface area (Å²) in [4.78, 5) is 13.0. The molecule has 0 atom stereocenters. The molecular formula is C17H12FN5. The van der Waals surface area contributed by atoms with Crippen molar-refractivity contribution in [1.29, 1.82) is 0 Å². The molecule has 3 heterocycles. The van der Waals surface area contributed by atoms with E-state index in [0.717, 1.165) is 11.1 Å². The fraction of sp³-hybridized carbons (Fsp3) is 0.0588. The molecule has 0 fully saturated rings. The predicted molar refractivity (Wildman–Crippen MR) is 84.1 cm³/mol. The van der Waals surface area contributed by atoms with Gasteiger partial charge in [0, 0.05) is 29.7 Å². The van der Waals surface area contributed by atoms with E-state index in [1.807, 2.05) is 12.1 Å². The summed E-state index contributed by atoms with van der Waals surface area (Å²) in [6, 6.07) is 10.4. The van der Waals surface area contributed by atoms with Crippen molar-refractivity contribution < 1.29 is 4.39 Å². The molecule has 0 N–H and O–H groups in total. The van der Waals surface area contributed by atoms with Gasteiger partial charge in [0.2, 0.25) is 0 Å². The Balaban J connectivity index is 1.91. The summed E-state index contributed by atoms with van der Waals surface area (Å²) < 4.78 is 15.1. The molecule has 6 heteroatoms. The van der Waals surface area contributed by atoms with Gasteiger partial charge in [-0.25, -0.2) is 13.9 Å². The number of nitrogens with zero attached hydrogens (tertiary/aromatic N) is 5. The highest BCUT2D eigenvalue weighted by atomic mass is 19.1. The fourth-order valence-corrected chi connectivity index (χ4v) is 2.45. The van der Waals surface area contributed by atoms with Gasteiger partial charge in [-0.1, -0.05) is 0 Å². The molecule has 3 aromatic heterocycles. The highest BCUT2D eigenvalue weighted by molar-refractivity contribution is 5.77. The number of aromatic nitrogens is 5. The number of halogens is 1. The van der Waals surface area contributed by atoms with Crippen molar-refractivity contribution in [3.63, 3.8) is 0 Å². The van der Waals surface area contributed by atoms with E-state index in [1.165, 1.54) is 6.07 Å². The number of hydrogen-bond donors (Lipinski definition) is 0. The topological polar surface area (TPSA) is 56.0 Å². The first-order valence-corrected chi connectivity index (χ1v) is 7.12. The number of hydrogen-bond acceptors (Lipinski definition) is 4. The third-order valence-electron chi connectivity index (χ3n) is 3.60. The number of aryl methyl sites for hydroxylation is 1. The Morgan fingerprint density at radius 2 is 1.91 bits per heavy atom. The molecule has 4 aromatic rings. The Labute approximate surface area is 131 Å². The zero-order valence-corrected chi connectivity index (χ0v) is 12.3. The van der Waals surface area contributed by atoms with Gasteiger partial charge in [0.1, 0.15) is 5.82 Å². The lowest BCUT2D eigenvalue weighted by atomic mass is 10.0. The van der Waals surface area contributed by atoms with E-state index in [4.69, 9.17) is 0 Å². The smallest absolute Gasteiger partial charge is 0.252 e. The second-order valence-electron chi connectivity index (χ2n) is 5.16. The third-order valence-corrected chi connectivity index (χ3v) is 3.60. The first kappa shape index (κ1) is 13.5. The van der Waals surface area contributed by atoms with Crippen LogP contribution in [0.4, 0.5) is 4.39 Å². The molecule has 0 unspecified atom stereocenters. The second kappa shape index (κ2) is 5.24. The quantitative estimate of drug-likeness (QED) is 0.570. The Bertz CT molecular complexity index is 976. The molecule has 0 amide bonds. The summed E-state index contributed by atoms with van der Waals surface area (Å²) in [5, 5.41) is 4.44. The van der Waals surface area contributed by atoms with Gasteiger partial charge in [-0.15, -0.1) is 5.10 Å².